The molecule has 2 aliphatic heterocycles. The third kappa shape index (κ3) is 14.6. The van der Waals surface area contributed by atoms with Crippen LogP contribution in [0.2, 0.25) is 0 Å². The fourth-order valence-electron chi connectivity index (χ4n) is 11.3. The van der Waals surface area contributed by atoms with Crippen molar-refractivity contribution in [2.45, 2.75) is 63.2 Å². The lowest BCUT2D eigenvalue weighted by molar-refractivity contribution is 0.000753. The summed E-state index contributed by atoms with van der Waals surface area (Å²) >= 11 is 12.1. The van der Waals surface area contributed by atoms with Crippen molar-refractivity contribution in [3.8, 4) is 69.0 Å². The Morgan fingerprint density at radius 1 is 0.380 bits per heavy atom. The molecule has 12 rings (SSSR count). The molecule has 0 amide bonds. The van der Waals surface area contributed by atoms with Crippen LogP contribution in [0.15, 0.2) is 237 Å². The van der Waals surface area contributed by atoms with E-state index in [0.29, 0.717) is 96.8 Å². The minimum atomic E-state index is -1.15. The molecule has 466 valence electrons. The van der Waals surface area contributed by atoms with E-state index in [4.69, 9.17) is 90.8 Å². The van der Waals surface area contributed by atoms with Crippen LogP contribution in [0.1, 0.15) is 68.2 Å². The van der Waals surface area contributed by atoms with E-state index >= 15 is 0 Å². The maximum absolute atomic E-state index is 7.62. The highest BCUT2D eigenvalue weighted by atomic mass is 32.1. The van der Waals surface area contributed by atoms with Gasteiger partial charge in [0.25, 0.3) is 0 Å². The van der Waals surface area contributed by atoms with Crippen LogP contribution in [0, 0.1) is 0 Å². The van der Waals surface area contributed by atoms with Crippen LogP contribution in [0.5, 0.6) is 69.0 Å². The molecule has 10 aromatic carbocycles. The zero-order chi connectivity index (χ0) is 63.2. The molecule has 0 saturated carbocycles. The highest BCUT2D eigenvalue weighted by molar-refractivity contribution is 7.80. The number of para-hydroxylation sites is 2. The molecule has 14 nitrogen and oxygen atoms in total. The first-order chi connectivity index (χ1) is 45.2. The number of thiocarbonyl (C=S) groups is 2. The van der Waals surface area contributed by atoms with Crippen LogP contribution in [0.25, 0.3) is 0 Å². The van der Waals surface area contributed by atoms with E-state index in [1.165, 1.54) is 0 Å². The maximum atomic E-state index is 7.62. The Labute approximate surface area is 545 Å². The van der Waals surface area contributed by atoms with Gasteiger partial charge in [0.05, 0.1) is 34.4 Å². The van der Waals surface area contributed by atoms with Gasteiger partial charge in [-0.25, -0.2) is 0 Å². The van der Waals surface area contributed by atoms with E-state index in [1.54, 1.807) is 52.7 Å². The molecule has 0 spiro atoms. The molecular formula is C76H66O14S2. The topological polar surface area (TPSA) is 129 Å². The number of benzene rings is 10. The largest absolute Gasteiger partial charge is 0.496 e. The van der Waals surface area contributed by atoms with Gasteiger partial charge in [-0.3, -0.25) is 0 Å². The summed E-state index contributed by atoms with van der Waals surface area (Å²) in [4.78, 5) is 0. The van der Waals surface area contributed by atoms with Gasteiger partial charge in [-0.2, -0.15) is 0 Å². The van der Waals surface area contributed by atoms with Crippen molar-refractivity contribution >= 4 is 34.9 Å². The molecule has 0 saturated heterocycles. The van der Waals surface area contributed by atoms with Crippen LogP contribution in [0.3, 0.4) is 0 Å². The third-order valence-corrected chi connectivity index (χ3v) is 16.1. The van der Waals surface area contributed by atoms with E-state index in [1.807, 2.05) is 212 Å². The van der Waals surface area contributed by atoms with E-state index < -0.39 is 30.3 Å². The molecule has 2 heterocycles. The normalized spacial score (nSPS) is 16.1. The summed E-state index contributed by atoms with van der Waals surface area (Å²) in [5.41, 5.74) is 6.76. The summed E-state index contributed by atoms with van der Waals surface area (Å²) in [7, 11) is 6.35. The summed E-state index contributed by atoms with van der Waals surface area (Å²) in [6, 6.07) is 75.0. The van der Waals surface area contributed by atoms with Crippen molar-refractivity contribution in [1.82, 2.24) is 0 Å². The van der Waals surface area contributed by atoms with Gasteiger partial charge in [0.2, 0.25) is 0 Å². The quantitative estimate of drug-likeness (QED) is 0.0563. The molecule has 0 fully saturated rings. The van der Waals surface area contributed by atoms with Crippen molar-refractivity contribution in [3.63, 3.8) is 0 Å². The van der Waals surface area contributed by atoms with Crippen molar-refractivity contribution in [3.05, 3.63) is 287 Å². The molecule has 10 aromatic rings. The molecule has 0 bridgehead atoms. The summed E-state index contributed by atoms with van der Waals surface area (Å²) in [5.74, 6) is 4.33. The first kappa shape index (κ1) is 61.8. The van der Waals surface area contributed by atoms with E-state index in [-0.39, 0.29) is 43.3 Å². The van der Waals surface area contributed by atoms with Gasteiger partial charge in [-0.05, 0) is 70.8 Å². The standard InChI is InChI=1S/C76H66O14S2/c1-77-59-37-35-53(39-62(59)79-3)71-67(88-75(91)85-55-31-19-9-20-32-55)43-58-61(78-2)44-64(80-4)69(73(58)89-71)70-68-65(84-48-52-29-17-8-18-30-52)41-57(81-45-49-23-11-5-12-24-49)42-66(68)87-72(74(70)90-76(92)86-56-33-21-10-22-34-56)54-36-38-60(82-46-50-25-13-6-14-26-50)63(40-54)83-47-51-27-15-7-16-28-51/h5-42,44,67,70-72,74H,43,45-48H2,1-4H3/t67-,70-,71-,72-,74-/m1/s1. The van der Waals surface area contributed by atoms with Gasteiger partial charge >= 0.3 is 10.5 Å². The smallest absolute Gasteiger partial charge is 0.358 e. The van der Waals surface area contributed by atoms with Gasteiger partial charge in [0.15, 0.2) is 41.3 Å². The summed E-state index contributed by atoms with van der Waals surface area (Å²) in [6.07, 6.45) is -3.77. The van der Waals surface area contributed by atoms with Gasteiger partial charge in [0.1, 0.15) is 78.5 Å². The second kappa shape index (κ2) is 29.5. The molecule has 0 aliphatic carbocycles. The number of methoxy groups -OCH3 is 4. The molecule has 0 unspecified atom stereocenters. The number of ether oxygens (including phenoxy) is 14. The number of hydrogen-bond donors (Lipinski definition) is 0. The van der Waals surface area contributed by atoms with E-state index in [9.17, 15) is 0 Å². The summed E-state index contributed by atoms with van der Waals surface area (Å²) in [5, 5.41) is -0.325. The van der Waals surface area contributed by atoms with Gasteiger partial charge in [-0.1, -0.05) is 170 Å². The Morgan fingerprint density at radius 3 is 1.37 bits per heavy atom. The van der Waals surface area contributed by atoms with E-state index in [0.717, 1.165) is 22.3 Å². The molecule has 16 heteroatoms. The predicted octanol–water partition coefficient (Wildman–Crippen LogP) is 16.5. The minimum Gasteiger partial charge on any atom is -0.496 e. The highest BCUT2D eigenvalue weighted by Gasteiger charge is 2.50. The maximum Gasteiger partial charge on any atom is 0.358 e. The minimum absolute atomic E-state index is 0.123. The van der Waals surface area contributed by atoms with Gasteiger partial charge in [0, 0.05) is 76.9 Å². The number of fused-ring (bicyclic) bond motifs is 2. The zero-order valence-corrected chi connectivity index (χ0v) is 52.6. The Morgan fingerprint density at radius 2 is 0.837 bits per heavy atom. The molecule has 5 atom stereocenters. The lowest BCUT2D eigenvalue weighted by Gasteiger charge is -2.43. The monoisotopic (exact) mass is 1270 g/mol. The van der Waals surface area contributed by atoms with Crippen LogP contribution in [-0.4, -0.2) is 51.1 Å². The van der Waals surface area contributed by atoms with Crippen molar-refractivity contribution in [2.24, 2.45) is 0 Å². The molecular weight excluding hydrogens is 1200 g/mol. The SMILES string of the molecule is COc1ccc([C@H]2Oc3c(c(OC)cc(OC)c3[C@H]3c4c(OCc5ccccc5)cc(OCc5ccccc5)cc4O[C@H](c4ccc(OCc5ccccc5)c(OCc5ccccc5)c4)[C@@H]3OC(=S)Oc3ccccc3)C[C@H]2OC(=S)Oc2ccccc2)cc1OC. The first-order valence-electron chi connectivity index (χ1n) is 29.9. The van der Waals surface area contributed by atoms with Crippen molar-refractivity contribution in [1.29, 1.82) is 0 Å². The van der Waals surface area contributed by atoms with Gasteiger partial charge < -0.3 is 66.3 Å². The first-order valence-corrected chi connectivity index (χ1v) is 30.7. The second-order valence-electron chi connectivity index (χ2n) is 21.6. The zero-order valence-electron chi connectivity index (χ0n) is 51.0. The number of hydrogen-bond acceptors (Lipinski definition) is 16. The number of rotatable bonds is 23. The Kier molecular flexibility index (Phi) is 19.8. The Hall–Kier alpha value is -10.4. The molecule has 2 aliphatic rings. The molecule has 0 N–H and O–H groups in total. The van der Waals surface area contributed by atoms with Crippen LogP contribution in [-0.2, 0) is 42.3 Å². The average Bonchev–Trinajstić information content (AvgIpc) is 0.728. The Balaban J connectivity index is 1.09. The summed E-state index contributed by atoms with van der Waals surface area (Å²) < 4.78 is 93.5. The lowest BCUT2D eigenvalue weighted by atomic mass is 9.77. The van der Waals surface area contributed by atoms with Crippen LogP contribution < -0.4 is 56.8 Å². The van der Waals surface area contributed by atoms with E-state index in [2.05, 4.69) is 0 Å². The average molecular weight is 1270 g/mol. The van der Waals surface area contributed by atoms with Crippen LogP contribution in [0.4, 0.5) is 0 Å². The second-order valence-corrected chi connectivity index (χ2v) is 22.2. The molecule has 0 radical (unpaired) electrons. The predicted molar refractivity (Wildman–Crippen MR) is 356 cm³/mol. The lowest BCUT2D eigenvalue weighted by Crippen LogP contribution is -2.41. The highest BCUT2D eigenvalue weighted by Crippen LogP contribution is 2.59. The summed E-state index contributed by atoms with van der Waals surface area (Å²) in [6.45, 7) is 0.890. The molecule has 92 heavy (non-hydrogen) atoms. The van der Waals surface area contributed by atoms with Crippen LogP contribution >= 0.6 is 24.4 Å². The third-order valence-electron chi connectivity index (χ3n) is 15.7. The van der Waals surface area contributed by atoms with Crippen molar-refractivity contribution < 1.29 is 66.3 Å². The van der Waals surface area contributed by atoms with Gasteiger partial charge in [-0.15, -0.1) is 0 Å². The van der Waals surface area contributed by atoms with Crippen molar-refractivity contribution in [2.75, 3.05) is 28.4 Å². The fraction of sp³-hybridized carbons (Fsp3) is 0.184. The Bertz CT molecular complexity index is 4110. The molecule has 0 aromatic heterocycles. The fourth-order valence-corrected chi connectivity index (χ4v) is 11.8.